The van der Waals surface area contributed by atoms with Gasteiger partial charge in [0, 0.05) is 17.3 Å². The Balaban J connectivity index is 1.97. The fraction of sp³-hybridized carbons (Fsp3) is 0.400. The van der Waals surface area contributed by atoms with Crippen LogP contribution in [0.1, 0.15) is 38.5 Å². The Hall–Kier alpha value is -2.37. The number of anilines is 2. The Morgan fingerprint density at radius 2 is 1.76 bits per heavy atom. The maximum absolute atomic E-state index is 11.6. The van der Waals surface area contributed by atoms with Crippen molar-refractivity contribution in [2.75, 3.05) is 10.6 Å². The summed E-state index contributed by atoms with van der Waals surface area (Å²) in [4.78, 5) is 15.8. The van der Waals surface area contributed by atoms with Crippen molar-refractivity contribution >= 4 is 17.3 Å². The normalized spacial score (nSPS) is 12.2. The molecule has 21 heavy (non-hydrogen) atoms. The number of hydrogen-bond donors (Lipinski definition) is 2. The fourth-order valence-electron chi connectivity index (χ4n) is 1.74. The quantitative estimate of drug-likeness (QED) is 0.883. The number of carbonyl (C=O) groups is 1. The van der Waals surface area contributed by atoms with Crippen LogP contribution >= 0.6 is 0 Å². The first-order valence-corrected chi connectivity index (χ1v) is 6.93. The number of amides is 1. The molecule has 1 atom stereocenters. The highest BCUT2D eigenvalue weighted by atomic mass is 16.5. The molecule has 1 aromatic carbocycles. The van der Waals surface area contributed by atoms with Crippen LogP contribution in [0, 0.1) is 12.8 Å². The Bertz CT molecular complexity index is 604. The highest BCUT2D eigenvalue weighted by Gasteiger charge is 2.12. The van der Waals surface area contributed by atoms with Gasteiger partial charge in [-0.15, -0.1) is 0 Å². The zero-order valence-corrected chi connectivity index (χ0v) is 12.7. The van der Waals surface area contributed by atoms with Crippen LogP contribution in [0.25, 0.3) is 0 Å². The Morgan fingerprint density at radius 1 is 1.14 bits per heavy atom. The van der Waals surface area contributed by atoms with E-state index in [1.54, 1.807) is 6.92 Å². The fourth-order valence-corrected chi connectivity index (χ4v) is 1.74. The number of aryl methyl sites for hydroxylation is 1. The Morgan fingerprint density at radius 3 is 2.29 bits per heavy atom. The van der Waals surface area contributed by atoms with E-state index in [2.05, 4.69) is 20.8 Å². The molecule has 6 heteroatoms. The monoisotopic (exact) mass is 288 g/mol. The Labute approximate surface area is 123 Å². The molecule has 2 rings (SSSR count). The van der Waals surface area contributed by atoms with Crippen LogP contribution in [-0.4, -0.2) is 16.0 Å². The average Bonchev–Trinajstić information content (AvgIpc) is 2.87. The highest BCUT2D eigenvalue weighted by Crippen LogP contribution is 2.20. The predicted molar refractivity (Wildman–Crippen MR) is 81.0 cm³/mol. The van der Waals surface area contributed by atoms with Gasteiger partial charge >= 0.3 is 0 Å². The largest absolute Gasteiger partial charge is 0.374 e. The van der Waals surface area contributed by atoms with Gasteiger partial charge in [-0.05, 0) is 38.1 Å². The molecule has 0 spiro atoms. The third-order valence-corrected chi connectivity index (χ3v) is 2.97. The first kappa shape index (κ1) is 15.0. The van der Waals surface area contributed by atoms with Gasteiger partial charge in [-0.1, -0.05) is 19.0 Å². The molecule has 0 saturated carbocycles. The molecule has 0 aliphatic heterocycles. The second-order valence-corrected chi connectivity index (χ2v) is 5.27. The number of hydrogen-bond acceptors (Lipinski definition) is 5. The van der Waals surface area contributed by atoms with E-state index >= 15 is 0 Å². The smallest absolute Gasteiger partial charge is 0.248 e. The van der Waals surface area contributed by atoms with Crippen LogP contribution in [0.2, 0.25) is 0 Å². The second kappa shape index (κ2) is 6.39. The van der Waals surface area contributed by atoms with Gasteiger partial charge in [-0.2, -0.15) is 4.98 Å². The maximum atomic E-state index is 11.6. The number of aromatic nitrogens is 2. The zero-order chi connectivity index (χ0) is 15.4. The van der Waals surface area contributed by atoms with Crippen molar-refractivity contribution in [3.63, 3.8) is 0 Å². The van der Waals surface area contributed by atoms with Crippen LogP contribution in [-0.2, 0) is 4.79 Å². The van der Waals surface area contributed by atoms with Crippen molar-refractivity contribution in [1.82, 2.24) is 10.1 Å². The molecule has 0 radical (unpaired) electrons. The van der Waals surface area contributed by atoms with Crippen LogP contribution in [0.5, 0.6) is 0 Å². The minimum atomic E-state index is -0.0812. The predicted octanol–water partition coefficient (Wildman–Crippen LogP) is 3.15. The molecule has 0 aliphatic rings. The molecule has 1 amide bonds. The first-order chi connectivity index (χ1) is 9.95. The molecule has 6 nitrogen and oxygen atoms in total. The molecule has 0 aliphatic carbocycles. The molecule has 0 bridgehead atoms. The number of benzene rings is 1. The molecule has 2 aromatic rings. The van der Waals surface area contributed by atoms with E-state index in [0.717, 1.165) is 11.4 Å². The van der Waals surface area contributed by atoms with Gasteiger partial charge in [0.2, 0.25) is 11.8 Å². The number of carbonyl (C=O) groups excluding carboxylic acids is 1. The lowest BCUT2D eigenvalue weighted by molar-refractivity contribution is -0.118. The SMILES string of the molecule is Cc1noc(C(C)Nc2ccc(NC(=O)C(C)C)cc2)n1. The summed E-state index contributed by atoms with van der Waals surface area (Å²) in [5.74, 6) is 1.13. The van der Waals surface area contributed by atoms with E-state index < -0.39 is 0 Å². The Kier molecular flexibility index (Phi) is 4.57. The van der Waals surface area contributed by atoms with Crippen LogP contribution < -0.4 is 10.6 Å². The molecule has 0 saturated heterocycles. The third-order valence-electron chi connectivity index (χ3n) is 2.97. The summed E-state index contributed by atoms with van der Waals surface area (Å²) in [6.45, 7) is 7.45. The lowest BCUT2D eigenvalue weighted by Gasteiger charge is -2.12. The van der Waals surface area contributed by atoms with Gasteiger partial charge < -0.3 is 15.2 Å². The molecule has 1 unspecified atom stereocenters. The lowest BCUT2D eigenvalue weighted by atomic mass is 10.2. The average molecular weight is 288 g/mol. The molecule has 0 fully saturated rings. The van der Waals surface area contributed by atoms with Crippen molar-refractivity contribution < 1.29 is 9.32 Å². The standard InChI is InChI=1S/C15H20N4O2/c1-9(2)14(20)18-13-7-5-12(6-8-13)16-10(3)15-17-11(4)19-21-15/h5-10,16H,1-4H3,(H,18,20). The van der Waals surface area contributed by atoms with Gasteiger partial charge in [-0.25, -0.2) is 0 Å². The van der Waals surface area contributed by atoms with Crippen molar-refractivity contribution in [2.45, 2.75) is 33.7 Å². The highest BCUT2D eigenvalue weighted by molar-refractivity contribution is 5.92. The van der Waals surface area contributed by atoms with E-state index in [1.807, 2.05) is 45.0 Å². The number of nitrogens with zero attached hydrogens (tertiary/aromatic N) is 2. The van der Waals surface area contributed by atoms with Gasteiger partial charge in [-0.3, -0.25) is 4.79 Å². The van der Waals surface area contributed by atoms with Gasteiger partial charge in [0.05, 0.1) is 0 Å². The zero-order valence-electron chi connectivity index (χ0n) is 12.7. The van der Waals surface area contributed by atoms with E-state index in [-0.39, 0.29) is 17.9 Å². The molecule has 2 N–H and O–H groups in total. The molecular formula is C15H20N4O2. The molecular weight excluding hydrogens is 268 g/mol. The van der Waals surface area contributed by atoms with Crippen LogP contribution in [0.4, 0.5) is 11.4 Å². The van der Waals surface area contributed by atoms with E-state index in [0.29, 0.717) is 11.7 Å². The summed E-state index contributed by atoms with van der Waals surface area (Å²) in [5.41, 5.74) is 1.70. The minimum Gasteiger partial charge on any atom is -0.374 e. The third kappa shape index (κ3) is 4.05. The van der Waals surface area contributed by atoms with E-state index in [1.165, 1.54) is 0 Å². The first-order valence-electron chi connectivity index (χ1n) is 6.93. The summed E-state index contributed by atoms with van der Waals surface area (Å²) in [6, 6.07) is 7.43. The summed E-state index contributed by atoms with van der Waals surface area (Å²) < 4.78 is 5.12. The summed E-state index contributed by atoms with van der Waals surface area (Å²) >= 11 is 0. The molecule has 1 heterocycles. The van der Waals surface area contributed by atoms with E-state index in [4.69, 9.17) is 4.52 Å². The van der Waals surface area contributed by atoms with Gasteiger partial charge in [0.25, 0.3) is 0 Å². The topological polar surface area (TPSA) is 80.0 Å². The number of rotatable bonds is 5. The molecule has 112 valence electrons. The van der Waals surface area contributed by atoms with E-state index in [9.17, 15) is 4.79 Å². The second-order valence-electron chi connectivity index (χ2n) is 5.27. The maximum Gasteiger partial charge on any atom is 0.248 e. The summed E-state index contributed by atoms with van der Waals surface area (Å²) in [5, 5.41) is 9.88. The van der Waals surface area contributed by atoms with Crippen LogP contribution in [0.15, 0.2) is 28.8 Å². The molecule has 1 aromatic heterocycles. The van der Waals surface area contributed by atoms with Crippen molar-refractivity contribution in [2.24, 2.45) is 5.92 Å². The minimum absolute atomic E-state index is 0.00501. The van der Waals surface area contributed by atoms with Gasteiger partial charge in [0.1, 0.15) is 6.04 Å². The lowest BCUT2D eigenvalue weighted by Crippen LogP contribution is -2.17. The van der Waals surface area contributed by atoms with Crippen molar-refractivity contribution in [3.05, 3.63) is 36.0 Å². The van der Waals surface area contributed by atoms with Crippen molar-refractivity contribution in [1.29, 1.82) is 0 Å². The van der Waals surface area contributed by atoms with Crippen molar-refractivity contribution in [3.8, 4) is 0 Å². The summed E-state index contributed by atoms with van der Waals surface area (Å²) in [6.07, 6.45) is 0. The van der Waals surface area contributed by atoms with Crippen LogP contribution in [0.3, 0.4) is 0 Å². The summed E-state index contributed by atoms with van der Waals surface area (Å²) in [7, 11) is 0. The van der Waals surface area contributed by atoms with Gasteiger partial charge in [0.15, 0.2) is 5.82 Å². The number of nitrogens with one attached hydrogen (secondary N) is 2.